The largest absolute Gasteiger partial charge is 0.481 e. The van der Waals surface area contributed by atoms with Gasteiger partial charge in [0.15, 0.2) is 0 Å². The van der Waals surface area contributed by atoms with Gasteiger partial charge in [0.2, 0.25) is 5.91 Å². The Bertz CT molecular complexity index is 307. The van der Waals surface area contributed by atoms with Crippen LogP contribution in [0.15, 0.2) is 0 Å². The summed E-state index contributed by atoms with van der Waals surface area (Å²) in [5.74, 6) is -1.04. The lowest BCUT2D eigenvalue weighted by molar-refractivity contribution is -0.143. The lowest BCUT2D eigenvalue weighted by Crippen LogP contribution is -2.46. The van der Waals surface area contributed by atoms with Gasteiger partial charge in [-0.2, -0.15) is 0 Å². The summed E-state index contributed by atoms with van der Waals surface area (Å²) in [6.45, 7) is 4.37. The van der Waals surface area contributed by atoms with Gasteiger partial charge in [0.05, 0.1) is 12.0 Å². The minimum absolute atomic E-state index is 0.0515. The highest BCUT2D eigenvalue weighted by molar-refractivity contribution is 5.81. The normalized spacial score (nSPS) is 26.6. The van der Waals surface area contributed by atoms with Gasteiger partial charge in [-0.1, -0.05) is 26.7 Å². The molecule has 1 saturated carbocycles. The summed E-state index contributed by atoms with van der Waals surface area (Å²) in [5.41, 5.74) is 5.82. The molecule has 1 rings (SSSR count). The van der Waals surface area contributed by atoms with Crippen LogP contribution in [-0.4, -0.2) is 29.6 Å². The topological polar surface area (TPSA) is 92.4 Å². The highest BCUT2D eigenvalue weighted by atomic mass is 16.4. The molecule has 5 heteroatoms. The molecule has 5 nitrogen and oxygen atoms in total. The summed E-state index contributed by atoms with van der Waals surface area (Å²) in [6, 6.07) is -0.500. The second-order valence-corrected chi connectivity index (χ2v) is 5.29. The first kappa shape index (κ1) is 15.0. The second kappa shape index (κ2) is 6.73. The number of aliphatic carboxylic acids is 1. The van der Waals surface area contributed by atoms with Crippen molar-refractivity contribution in [3.8, 4) is 0 Å². The first-order valence-electron chi connectivity index (χ1n) is 6.73. The first-order chi connectivity index (χ1) is 8.47. The molecule has 104 valence electrons. The third-order valence-electron chi connectivity index (χ3n) is 4.07. The molecule has 3 unspecified atom stereocenters. The highest BCUT2D eigenvalue weighted by Gasteiger charge is 2.33. The molecule has 4 N–H and O–H groups in total. The van der Waals surface area contributed by atoms with Crippen molar-refractivity contribution in [2.45, 2.75) is 45.6 Å². The molecule has 0 aromatic heterocycles. The summed E-state index contributed by atoms with van der Waals surface area (Å²) in [7, 11) is 0. The van der Waals surface area contributed by atoms with E-state index in [1.807, 2.05) is 13.8 Å². The number of hydrogen-bond donors (Lipinski definition) is 3. The average molecular weight is 256 g/mol. The maximum Gasteiger partial charge on any atom is 0.306 e. The molecule has 0 aromatic carbocycles. The van der Waals surface area contributed by atoms with Crippen molar-refractivity contribution in [2.24, 2.45) is 23.5 Å². The Morgan fingerprint density at radius 1 is 1.44 bits per heavy atom. The minimum atomic E-state index is -0.752. The number of carboxylic acid groups (broad SMARTS) is 1. The van der Waals surface area contributed by atoms with E-state index in [0.29, 0.717) is 13.0 Å². The predicted octanol–water partition coefficient (Wildman–Crippen LogP) is 0.977. The van der Waals surface area contributed by atoms with E-state index in [0.717, 1.165) is 19.3 Å². The van der Waals surface area contributed by atoms with Crippen molar-refractivity contribution in [3.05, 3.63) is 0 Å². The summed E-state index contributed by atoms with van der Waals surface area (Å²) in [4.78, 5) is 22.8. The van der Waals surface area contributed by atoms with Gasteiger partial charge < -0.3 is 16.2 Å². The minimum Gasteiger partial charge on any atom is -0.481 e. The maximum absolute atomic E-state index is 11.8. The van der Waals surface area contributed by atoms with E-state index in [2.05, 4.69) is 5.32 Å². The van der Waals surface area contributed by atoms with Crippen LogP contribution in [0.4, 0.5) is 0 Å². The number of nitrogens with two attached hydrogens (primary N) is 1. The molecule has 0 aliphatic heterocycles. The maximum atomic E-state index is 11.8. The van der Waals surface area contributed by atoms with Gasteiger partial charge in [-0.05, 0) is 24.7 Å². The molecule has 0 saturated heterocycles. The fraction of sp³-hybridized carbons (Fsp3) is 0.846. The molecule has 0 aromatic rings. The Labute approximate surface area is 108 Å². The van der Waals surface area contributed by atoms with Gasteiger partial charge in [0, 0.05) is 6.54 Å². The van der Waals surface area contributed by atoms with Crippen molar-refractivity contribution in [1.82, 2.24) is 5.32 Å². The lowest BCUT2D eigenvalue weighted by Gasteiger charge is -2.21. The molecule has 0 spiro atoms. The number of nitrogens with one attached hydrogen (secondary N) is 1. The molecule has 1 aliphatic rings. The number of carbonyl (C=O) groups is 2. The van der Waals surface area contributed by atoms with Gasteiger partial charge in [0.25, 0.3) is 0 Å². The van der Waals surface area contributed by atoms with Gasteiger partial charge in [-0.25, -0.2) is 0 Å². The van der Waals surface area contributed by atoms with E-state index in [1.54, 1.807) is 0 Å². The van der Waals surface area contributed by atoms with E-state index >= 15 is 0 Å². The van der Waals surface area contributed by atoms with Crippen LogP contribution in [0.2, 0.25) is 0 Å². The zero-order valence-electron chi connectivity index (χ0n) is 11.2. The SMILES string of the molecule is CCC(C)[C@H](N)C(=O)NCC1CCCC1C(=O)O. The van der Waals surface area contributed by atoms with Crippen LogP contribution in [0.5, 0.6) is 0 Å². The molecular weight excluding hydrogens is 232 g/mol. The molecule has 1 amide bonds. The number of carboxylic acids is 1. The summed E-state index contributed by atoms with van der Waals surface area (Å²) in [6.07, 6.45) is 3.37. The van der Waals surface area contributed by atoms with Crippen LogP contribution in [0.3, 0.4) is 0 Å². The van der Waals surface area contributed by atoms with Crippen molar-refractivity contribution in [2.75, 3.05) is 6.54 Å². The third-order valence-corrected chi connectivity index (χ3v) is 4.07. The summed E-state index contributed by atoms with van der Waals surface area (Å²) in [5, 5.41) is 11.8. The molecule has 0 radical (unpaired) electrons. The van der Waals surface area contributed by atoms with Crippen molar-refractivity contribution in [1.29, 1.82) is 0 Å². The zero-order valence-corrected chi connectivity index (χ0v) is 11.2. The monoisotopic (exact) mass is 256 g/mol. The third kappa shape index (κ3) is 3.70. The van der Waals surface area contributed by atoms with Gasteiger partial charge >= 0.3 is 5.97 Å². The molecule has 0 heterocycles. The lowest BCUT2D eigenvalue weighted by atomic mass is 9.95. The van der Waals surface area contributed by atoms with Crippen LogP contribution in [0.1, 0.15) is 39.5 Å². The predicted molar refractivity (Wildman–Crippen MR) is 68.9 cm³/mol. The van der Waals surface area contributed by atoms with Crippen molar-refractivity contribution < 1.29 is 14.7 Å². The quantitative estimate of drug-likeness (QED) is 0.660. The van der Waals surface area contributed by atoms with E-state index in [-0.39, 0.29) is 23.7 Å². The number of hydrogen-bond acceptors (Lipinski definition) is 3. The number of amides is 1. The molecule has 0 bridgehead atoms. The Kier molecular flexibility index (Phi) is 5.59. The average Bonchev–Trinajstić information content (AvgIpc) is 2.82. The molecule has 4 atom stereocenters. The van der Waals surface area contributed by atoms with E-state index in [9.17, 15) is 9.59 Å². The Morgan fingerprint density at radius 3 is 2.67 bits per heavy atom. The van der Waals surface area contributed by atoms with E-state index in [1.165, 1.54) is 0 Å². The Morgan fingerprint density at radius 2 is 2.11 bits per heavy atom. The van der Waals surface area contributed by atoms with Crippen LogP contribution >= 0.6 is 0 Å². The van der Waals surface area contributed by atoms with Crippen LogP contribution in [-0.2, 0) is 9.59 Å². The van der Waals surface area contributed by atoms with Gasteiger partial charge in [-0.15, -0.1) is 0 Å². The van der Waals surface area contributed by atoms with Crippen molar-refractivity contribution in [3.63, 3.8) is 0 Å². The smallest absolute Gasteiger partial charge is 0.306 e. The molecular formula is C13H24N2O3. The first-order valence-corrected chi connectivity index (χ1v) is 6.73. The second-order valence-electron chi connectivity index (χ2n) is 5.29. The van der Waals surface area contributed by atoms with Gasteiger partial charge in [-0.3, -0.25) is 9.59 Å². The van der Waals surface area contributed by atoms with E-state index in [4.69, 9.17) is 10.8 Å². The molecule has 1 fully saturated rings. The summed E-state index contributed by atoms with van der Waals surface area (Å²) >= 11 is 0. The fourth-order valence-corrected chi connectivity index (χ4v) is 2.47. The van der Waals surface area contributed by atoms with Gasteiger partial charge in [0.1, 0.15) is 0 Å². The molecule has 18 heavy (non-hydrogen) atoms. The van der Waals surface area contributed by atoms with Crippen molar-refractivity contribution >= 4 is 11.9 Å². The molecule has 1 aliphatic carbocycles. The standard InChI is InChI=1S/C13H24N2O3/c1-3-8(2)11(14)12(16)15-7-9-5-4-6-10(9)13(17)18/h8-11H,3-7,14H2,1-2H3,(H,15,16)(H,17,18)/t8?,9?,10?,11-/m0/s1. The van der Waals surface area contributed by atoms with E-state index < -0.39 is 12.0 Å². The van der Waals surface area contributed by atoms with Crippen LogP contribution in [0, 0.1) is 17.8 Å². The van der Waals surface area contributed by atoms with Crippen LogP contribution in [0.25, 0.3) is 0 Å². The Balaban J connectivity index is 2.40. The Hall–Kier alpha value is -1.10. The summed E-state index contributed by atoms with van der Waals surface area (Å²) < 4.78 is 0. The zero-order chi connectivity index (χ0) is 13.7. The fourth-order valence-electron chi connectivity index (χ4n) is 2.47. The van der Waals surface area contributed by atoms with Crippen LogP contribution < -0.4 is 11.1 Å². The number of rotatable bonds is 6. The number of carbonyl (C=O) groups excluding carboxylic acids is 1. The highest BCUT2D eigenvalue weighted by Crippen LogP contribution is 2.31.